The van der Waals surface area contributed by atoms with Gasteiger partial charge in [-0.2, -0.15) is 0 Å². The molecular weight excluding hydrogens is 349 g/mol. The summed E-state index contributed by atoms with van der Waals surface area (Å²) in [5.41, 5.74) is 2.15. The van der Waals surface area contributed by atoms with E-state index < -0.39 is 0 Å². The molecule has 0 aromatic heterocycles. The Kier molecular flexibility index (Phi) is 5.52. The molecule has 5 heteroatoms. The second-order valence-corrected chi connectivity index (χ2v) is 7.49. The summed E-state index contributed by atoms with van der Waals surface area (Å²) in [5, 5.41) is 1.23. The molecule has 3 rings (SSSR count). The third kappa shape index (κ3) is 4.03. The molecule has 0 N–H and O–H groups in total. The largest absolute Gasteiger partial charge is 0.326 e. The number of nitrogens with zero attached hydrogens (tertiary/aromatic N) is 1. The van der Waals surface area contributed by atoms with Crippen LogP contribution < -0.4 is 0 Å². The van der Waals surface area contributed by atoms with Crippen LogP contribution in [0.25, 0.3) is 0 Å². The molecule has 2 aromatic carbocycles. The monoisotopic (exact) mass is 365 g/mol. The Morgan fingerprint density at radius 3 is 2.70 bits per heavy atom. The third-order valence-electron chi connectivity index (χ3n) is 3.91. The Morgan fingerprint density at radius 2 is 1.96 bits per heavy atom. The lowest BCUT2D eigenvalue weighted by Gasteiger charge is -2.25. The maximum Gasteiger partial charge on any atom is 0.224 e. The number of carbonyl (C=O) groups excluding carboxylic acids is 1. The summed E-state index contributed by atoms with van der Waals surface area (Å²) in [7, 11) is 0. The summed E-state index contributed by atoms with van der Waals surface area (Å²) in [5.74, 6) is 1.11. The fraction of sp³-hybridized carbons (Fsp3) is 0.278. The summed E-state index contributed by atoms with van der Waals surface area (Å²) in [6.07, 6.45) is 1.29. The normalized spacial score (nSPS) is 17.5. The maximum atomic E-state index is 12.6. The average Bonchev–Trinajstić information content (AvgIpc) is 3.03. The zero-order valence-electron chi connectivity index (χ0n) is 12.5. The van der Waals surface area contributed by atoms with Gasteiger partial charge in [-0.15, -0.1) is 11.8 Å². The van der Waals surface area contributed by atoms with Crippen LogP contribution in [0.2, 0.25) is 10.0 Å². The highest BCUT2D eigenvalue weighted by Crippen LogP contribution is 2.41. The van der Waals surface area contributed by atoms with Crippen LogP contribution >= 0.6 is 35.0 Å². The van der Waals surface area contributed by atoms with Crippen molar-refractivity contribution in [2.75, 3.05) is 12.3 Å². The lowest BCUT2D eigenvalue weighted by atomic mass is 10.1. The van der Waals surface area contributed by atoms with Crippen molar-refractivity contribution in [1.82, 2.24) is 4.90 Å². The number of amides is 1. The standard InChI is InChI=1S/C18H17Cl2NOS/c19-14-7-8-15(16(20)12-14)18-21(10-11-23-18)17(22)9-6-13-4-2-1-3-5-13/h1-5,7-8,12,18H,6,9-11H2/t18-/m0/s1. The molecule has 0 aliphatic carbocycles. The molecule has 0 unspecified atom stereocenters. The van der Waals surface area contributed by atoms with E-state index in [1.54, 1.807) is 17.8 Å². The SMILES string of the molecule is O=C(CCc1ccccc1)N1CCS[C@H]1c1ccc(Cl)cc1Cl. The van der Waals surface area contributed by atoms with Gasteiger partial charge in [-0.1, -0.05) is 59.6 Å². The zero-order valence-corrected chi connectivity index (χ0v) is 14.9. The van der Waals surface area contributed by atoms with Gasteiger partial charge in [-0.25, -0.2) is 0 Å². The number of thioether (sulfide) groups is 1. The van der Waals surface area contributed by atoms with Crippen molar-refractivity contribution in [2.45, 2.75) is 18.2 Å². The Balaban J connectivity index is 1.69. The van der Waals surface area contributed by atoms with E-state index in [1.807, 2.05) is 35.2 Å². The van der Waals surface area contributed by atoms with Gasteiger partial charge >= 0.3 is 0 Å². The summed E-state index contributed by atoms with van der Waals surface area (Å²) in [6.45, 7) is 0.766. The van der Waals surface area contributed by atoms with E-state index in [1.165, 1.54) is 5.56 Å². The third-order valence-corrected chi connectivity index (χ3v) is 5.72. The first kappa shape index (κ1) is 16.7. The first-order valence-electron chi connectivity index (χ1n) is 7.55. The fourth-order valence-electron chi connectivity index (χ4n) is 2.72. The minimum absolute atomic E-state index is 0.0111. The Hall–Kier alpha value is -1.16. The number of benzene rings is 2. The first-order chi connectivity index (χ1) is 11.1. The van der Waals surface area contributed by atoms with Gasteiger partial charge in [0.05, 0.1) is 0 Å². The van der Waals surface area contributed by atoms with Gasteiger partial charge in [0.25, 0.3) is 0 Å². The van der Waals surface area contributed by atoms with Crippen LogP contribution in [0, 0.1) is 0 Å². The van der Waals surface area contributed by atoms with Crippen LogP contribution in [-0.4, -0.2) is 23.1 Å². The summed E-state index contributed by atoms with van der Waals surface area (Å²) in [6, 6.07) is 15.6. The summed E-state index contributed by atoms with van der Waals surface area (Å²) < 4.78 is 0. The molecule has 2 aromatic rings. The minimum atomic E-state index is -0.0111. The fourth-order valence-corrected chi connectivity index (χ4v) is 4.61. The van der Waals surface area contributed by atoms with Gasteiger partial charge in [-0.05, 0) is 24.1 Å². The topological polar surface area (TPSA) is 20.3 Å². The zero-order chi connectivity index (χ0) is 16.2. The minimum Gasteiger partial charge on any atom is -0.326 e. The number of hydrogen-bond acceptors (Lipinski definition) is 2. The number of rotatable bonds is 4. The van der Waals surface area contributed by atoms with E-state index in [-0.39, 0.29) is 11.3 Å². The van der Waals surface area contributed by atoms with E-state index in [9.17, 15) is 4.79 Å². The lowest BCUT2D eigenvalue weighted by molar-refractivity contribution is -0.131. The molecule has 1 aliphatic rings. The van der Waals surface area contributed by atoms with Crippen LogP contribution in [0.5, 0.6) is 0 Å². The molecule has 1 saturated heterocycles. The van der Waals surface area contributed by atoms with E-state index in [0.29, 0.717) is 16.5 Å². The maximum absolute atomic E-state index is 12.6. The molecule has 1 aliphatic heterocycles. The van der Waals surface area contributed by atoms with E-state index in [4.69, 9.17) is 23.2 Å². The van der Waals surface area contributed by atoms with Gasteiger partial charge in [0.1, 0.15) is 5.37 Å². The summed E-state index contributed by atoms with van der Waals surface area (Å²) in [4.78, 5) is 14.6. The number of aryl methyl sites for hydroxylation is 1. The number of hydrogen-bond donors (Lipinski definition) is 0. The Morgan fingerprint density at radius 1 is 1.17 bits per heavy atom. The van der Waals surface area contributed by atoms with Crippen LogP contribution in [0.4, 0.5) is 0 Å². The highest BCUT2D eigenvalue weighted by molar-refractivity contribution is 7.99. The van der Waals surface area contributed by atoms with E-state index in [2.05, 4.69) is 12.1 Å². The molecule has 0 radical (unpaired) electrons. The Labute approximate surface area is 150 Å². The van der Waals surface area contributed by atoms with Gasteiger partial charge < -0.3 is 4.90 Å². The van der Waals surface area contributed by atoms with Crippen LogP contribution in [0.1, 0.15) is 22.9 Å². The first-order valence-corrected chi connectivity index (χ1v) is 9.35. The van der Waals surface area contributed by atoms with Crippen molar-refractivity contribution in [3.63, 3.8) is 0 Å². The van der Waals surface area contributed by atoms with Gasteiger partial charge in [0.2, 0.25) is 5.91 Å². The predicted octanol–water partition coefficient (Wildman–Crippen LogP) is 5.20. The van der Waals surface area contributed by atoms with Crippen LogP contribution in [-0.2, 0) is 11.2 Å². The van der Waals surface area contributed by atoms with E-state index >= 15 is 0 Å². The molecule has 0 bridgehead atoms. The molecule has 120 valence electrons. The molecule has 1 fully saturated rings. The van der Waals surface area contributed by atoms with Crippen LogP contribution in [0.3, 0.4) is 0 Å². The molecular formula is C18H17Cl2NOS. The van der Waals surface area contributed by atoms with Crippen molar-refractivity contribution >= 4 is 40.9 Å². The predicted molar refractivity (Wildman–Crippen MR) is 98.1 cm³/mol. The average molecular weight is 366 g/mol. The van der Waals surface area contributed by atoms with Gasteiger partial charge in [0, 0.05) is 34.3 Å². The highest BCUT2D eigenvalue weighted by Gasteiger charge is 2.31. The van der Waals surface area contributed by atoms with Crippen molar-refractivity contribution in [2.24, 2.45) is 0 Å². The van der Waals surface area contributed by atoms with E-state index in [0.717, 1.165) is 24.3 Å². The second kappa shape index (κ2) is 7.61. The van der Waals surface area contributed by atoms with Crippen molar-refractivity contribution in [1.29, 1.82) is 0 Å². The molecule has 1 heterocycles. The molecule has 2 nitrogen and oxygen atoms in total. The van der Waals surface area contributed by atoms with Crippen molar-refractivity contribution in [3.05, 3.63) is 69.7 Å². The summed E-state index contributed by atoms with van der Waals surface area (Å²) >= 11 is 14.0. The van der Waals surface area contributed by atoms with Gasteiger partial charge in [-0.3, -0.25) is 4.79 Å². The van der Waals surface area contributed by atoms with Gasteiger partial charge in [0.15, 0.2) is 0 Å². The second-order valence-electron chi connectivity index (χ2n) is 5.46. The van der Waals surface area contributed by atoms with Crippen molar-refractivity contribution in [3.8, 4) is 0 Å². The van der Waals surface area contributed by atoms with Crippen LogP contribution in [0.15, 0.2) is 48.5 Å². The molecule has 23 heavy (non-hydrogen) atoms. The Bertz CT molecular complexity index is 693. The highest BCUT2D eigenvalue weighted by atomic mass is 35.5. The number of carbonyl (C=O) groups is 1. The molecule has 0 spiro atoms. The molecule has 1 amide bonds. The lowest BCUT2D eigenvalue weighted by Crippen LogP contribution is -2.30. The quantitative estimate of drug-likeness (QED) is 0.741. The number of halogens is 2. The van der Waals surface area contributed by atoms with Crippen molar-refractivity contribution < 1.29 is 4.79 Å². The smallest absolute Gasteiger partial charge is 0.224 e. The molecule has 1 atom stereocenters. The molecule has 0 saturated carbocycles.